The van der Waals surface area contributed by atoms with Gasteiger partial charge in [-0.2, -0.15) is 0 Å². The molecule has 582 valence electrons. The number of phosphoric ester groups is 2. The minimum atomic E-state index is -4.96. The molecule has 0 saturated carbocycles. The molecule has 6 atom stereocenters. The maximum absolute atomic E-state index is 13.1. The lowest BCUT2D eigenvalue weighted by Gasteiger charge is -2.21. The molecule has 0 aromatic carbocycles. The zero-order valence-corrected chi connectivity index (χ0v) is 66.2. The van der Waals surface area contributed by atoms with Gasteiger partial charge in [-0.05, 0) is 49.4 Å². The molecule has 17 nitrogen and oxygen atoms in total. The number of ether oxygens (including phenoxy) is 4. The molecule has 0 aliphatic carbocycles. The molecule has 0 aliphatic rings. The highest BCUT2D eigenvalue weighted by Gasteiger charge is 2.30. The fraction of sp³-hybridized carbons (Fsp3) is 0.949. The van der Waals surface area contributed by atoms with Crippen LogP contribution in [0.15, 0.2) is 0 Å². The summed E-state index contributed by atoms with van der Waals surface area (Å²) in [5, 5.41) is 10.6. The van der Waals surface area contributed by atoms with Gasteiger partial charge < -0.3 is 33.8 Å². The minimum absolute atomic E-state index is 0.102. The van der Waals surface area contributed by atoms with Gasteiger partial charge in [0.15, 0.2) is 12.2 Å². The highest BCUT2D eigenvalue weighted by Crippen LogP contribution is 2.45. The predicted octanol–water partition coefficient (Wildman–Crippen LogP) is 23.2. The van der Waals surface area contributed by atoms with E-state index in [1.807, 2.05) is 0 Å². The van der Waals surface area contributed by atoms with Gasteiger partial charge in [-0.1, -0.05) is 351 Å². The van der Waals surface area contributed by atoms with Gasteiger partial charge >= 0.3 is 39.5 Å². The Balaban J connectivity index is 5.20. The summed E-state index contributed by atoms with van der Waals surface area (Å²) in [5.74, 6) is 0.925. The van der Waals surface area contributed by atoms with E-state index in [9.17, 15) is 43.2 Å². The van der Waals surface area contributed by atoms with E-state index in [-0.39, 0.29) is 25.7 Å². The normalized spacial score (nSPS) is 14.3. The van der Waals surface area contributed by atoms with Crippen LogP contribution in [0.4, 0.5) is 0 Å². The average molecular weight is 1440 g/mol. The van der Waals surface area contributed by atoms with Crippen LogP contribution in [0.2, 0.25) is 0 Å². The number of rotatable bonds is 76. The zero-order valence-electron chi connectivity index (χ0n) is 64.4. The maximum Gasteiger partial charge on any atom is 0.472 e. The Morgan fingerprint density at radius 2 is 0.490 bits per heavy atom. The monoisotopic (exact) mass is 1440 g/mol. The molecular weight excluding hydrogens is 1280 g/mol. The molecule has 0 aliphatic heterocycles. The van der Waals surface area contributed by atoms with Crippen LogP contribution in [0, 0.1) is 23.7 Å². The Morgan fingerprint density at radius 3 is 0.724 bits per heavy atom. The lowest BCUT2D eigenvalue weighted by Crippen LogP contribution is -2.30. The van der Waals surface area contributed by atoms with E-state index in [1.54, 1.807) is 0 Å². The summed E-state index contributed by atoms with van der Waals surface area (Å²) in [6.07, 6.45) is 54.4. The van der Waals surface area contributed by atoms with Gasteiger partial charge in [0, 0.05) is 25.7 Å². The molecule has 0 heterocycles. The quantitative estimate of drug-likeness (QED) is 0.0222. The first-order chi connectivity index (χ1) is 47.1. The molecule has 19 heteroatoms. The van der Waals surface area contributed by atoms with Gasteiger partial charge in [0.25, 0.3) is 0 Å². The molecule has 98 heavy (non-hydrogen) atoms. The van der Waals surface area contributed by atoms with Crippen molar-refractivity contribution in [3.8, 4) is 0 Å². The molecule has 0 saturated heterocycles. The lowest BCUT2D eigenvalue weighted by atomic mass is 10.00. The van der Waals surface area contributed by atoms with Gasteiger partial charge in [0.2, 0.25) is 0 Å². The number of carbonyl (C=O) groups is 4. The smallest absolute Gasteiger partial charge is 0.462 e. The predicted molar refractivity (Wildman–Crippen MR) is 400 cm³/mol. The van der Waals surface area contributed by atoms with Crippen molar-refractivity contribution in [3.05, 3.63) is 0 Å². The summed E-state index contributed by atoms with van der Waals surface area (Å²) in [4.78, 5) is 72.9. The maximum atomic E-state index is 13.1. The zero-order chi connectivity index (χ0) is 72.4. The van der Waals surface area contributed by atoms with Crippen LogP contribution in [0.25, 0.3) is 0 Å². The van der Waals surface area contributed by atoms with Crippen molar-refractivity contribution in [2.45, 2.75) is 420 Å². The molecule has 0 fully saturated rings. The van der Waals surface area contributed by atoms with Crippen molar-refractivity contribution in [1.82, 2.24) is 0 Å². The van der Waals surface area contributed by atoms with Crippen LogP contribution in [0.3, 0.4) is 0 Å². The number of carbonyl (C=O) groups excluding carboxylic acids is 4. The van der Waals surface area contributed by atoms with Crippen molar-refractivity contribution in [3.63, 3.8) is 0 Å². The lowest BCUT2D eigenvalue weighted by molar-refractivity contribution is -0.161. The standard InChI is InChI=1S/C79H154O17P2/c1-9-72(8)58-50-42-37-38-44-52-60-77(82)90-66-75(96-79(84)62-54-46-36-30-33-41-49-57-71(6)7)68-94-98(87,88)92-64-73(80)63-91-97(85,86)93-67-74(65-89-76(81)59-51-43-34-28-24-20-17-16-19-23-27-32-40-48-56-70(4)5)95-78(83)61-53-45-35-29-25-21-15-13-11-10-12-14-18-22-26-31-39-47-55-69(2)3/h69-75,80H,9-68H2,1-8H3,(H,85,86)(H,87,88)/t72?,73-,74-,75-/m1/s1. The average Bonchev–Trinajstić information content (AvgIpc) is 1.03. The van der Waals surface area contributed by atoms with Crippen LogP contribution in [0.5, 0.6) is 0 Å². The molecule has 0 aromatic rings. The first-order valence-electron chi connectivity index (χ1n) is 40.7. The summed E-state index contributed by atoms with van der Waals surface area (Å²) in [5.41, 5.74) is 0. The van der Waals surface area contributed by atoms with E-state index in [0.717, 1.165) is 114 Å². The topological polar surface area (TPSA) is 237 Å². The van der Waals surface area contributed by atoms with Crippen LogP contribution in [-0.2, 0) is 65.4 Å². The second kappa shape index (κ2) is 68.2. The number of aliphatic hydroxyl groups excluding tert-OH is 1. The molecule has 3 N–H and O–H groups in total. The van der Waals surface area contributed by atoms with Crippen LogP contribution < -0.4 is 0 Å². The van der Waals surface area contributed by atoms with Crippen molar-refractivity contribution >= 4 is 39.5 Å². The van der Waals surface area contributed by atoms with Crippen molar-refractivity contribution in [1.29, 1.82) is 0 Å². The van der Waals surface area contributed by atoms with Gasteiger partial charge in [-0.15, -0.1) is 0 Å². The summed E-state index contributed by atoms with van der Waals surface area (Å²) in [6, 6.07) is 0. The van der Waals surface area contributed by atoms with Crippen LogP contribution >= 0.6 is 15.6 Å². The van der Waals surface area contributed by atoms with Crippen molar-refractivity contribution < 1.29 is 80.2 Å². The molecule has 3 unspecified atom stereocenters. The van der Waals surface area contributed by atoms with E-state index in [1.165, 1.54) is 199 Å². The SMILES string of the molecule is CCC(C)CCCCCCCCC(=O)OC[C@H](COP(=O)(O)OC[C@H](O)COP(=O)(O)OC[C@@H](COC(=O)CCCCCCCCCCCCCCCCC(C)C)OC(=O)CCCCCCCCCCCCCCCCCCCCC(C)C)OC(=O)CCCCCCCCCC(C)C. The number of aliphatic hydroxyl groups is 1. The van der Waals surface area contributed by atoms with Gasteiger partial charge in [0.05, 0.1) is 26.4 Å². The summed E-state index contributed by atoms with van der Waals surface area (Å²) >= 11 is 0. The van der Waals surface area contributed by atoms with E-state index in [4.69, 9.17) is 37.0 Å². The molecule has 0 radical (unpaired) electrons. The number of hydrogen-bond acceptors (Lipinski definition) is 15. The second-order valence-electron chi connectivity index (χ2n) is 30.1. The van der Waals surface area contributed by atoms with E-state index in [2.05, 4.69) is 55.4 Å². The summed E-state index contributed by atoms with van der Waals surface area (Å²) < 4.78 is 68.6. The first-order valence-corrected chi connectivity index (χ1v) is 43.7. The molecule has 0 bridgehead atoms. The Bertz CT molecular complexity index is 1920. The Morgan fingerprint density at radius 1 is 0.286 bits per heavy atom. The molecule has 0 amide bonds. The third kappa shape index (κ3) is 71.1. The number of phosphoric acid groups is 2. The van der Waals surface area contributed by atoms with Crippen molar-refractivity contribution in [2.75, 3.05) is 39.6 Å². The number of esters is 4. The van der Waals surface area contributed by atoms with Gasteiger partial charge in [-0.25, -0.2) is 9.13 Å². The molecular formula is C79H154O17P2. The fourth-order valence-corrected chi connectivity index (χ4v) is 13.6. The van der Waals surface area contributed by atoms with Crippen LogP contribution in [0.1, 0.15) is 402 Å². The Labute approximate surface area is 600 Å². The highest BCUT2D eigenvalue weighted by atomic mass is 31.2. The molecule has 0 aromatic heterocycles. The third-order valence-electron chi connectivity index (χ3n) is 18.7. The largest absolute Gasteiger partial charge is 0.472 e. The first kappa shape index (κ1) is 96.1. The number of unbranched alkanes of at least 4 members (excludes halogenated alkanes) is 41. The molecule has 0 rings (SSSR count). The van der Waals surface area contributed by atoms with Gasteiger partial charge in [-0.3, -0.25) is 37.3 Å². The van der Waals surface area contributed by atoms with Crippen LogP contribution in [-0.4, -0.2) is 96.7 Å². The Hall–Kier alpha value is -1.94. The summed E-state index contributed by atoms with van der Waals surface area (Å²) in [7, 11) is -9.92. The van der Waals surface area contributed by atoms with Gasteiger partial charge in [0.1, 0.15) is 19.3 Å². The van der Waals surface area contributed by atoms with E-state index < -0.39 is 97.5 Å². The number of hydrogen-bond donors (Lipinski definition) is 3. The van der Waals surface area contributed by atoms with E-state index in [0.29, 0.717) is 31.6 Å². The van der Waals surface area contributed by atoms with E-state index >= 15 is 0 Å². The highest BCUT2D eigenvalue weighted by molar-refractivity contribution is 7.47. The minimum Gasteiger partial charge on any atom is -0.462 e. The summed E-state index contributed by atoms with van der Waals surface area (Å²) in [6.45, 7) is 14.2. The Kier molecular flexibility index (Phi) is 66.8. The van der Waals surface area contributed by atoms with Crippen molar-refractivity contribution in [2.24, 2.45) is 23.7 Å². The fourth-order valence-electron chi connectivity index (χ4n) is 12.0. The second-order valence-corrected chi connectivity index (χ2v) is 33.0. The third-order valence-corrected chi connectivity index (χ3v) is 20.6. The molecule has 0 spiro atoms.